The molecule has 2 heterocycles. The number of H-pyrrole nitrogens is 1. The number of anilines is 1. The maximum Gasteiger partial charge on any atom is 0.329 e. The van der Waals surface area contributed by atoms with Crippen molar-refractivity contribution in [2.24, 2.45) is 0 Å². The Morgan fingerprint density at radius 1 is 1.28 bits per heavy atom. The number of esters is 1. The summed E-state index contributed by atoms with van der Waals surface area (Å²) in [7, 11) is 0. The first-order valence-corrected chi connectivity index (χ1v) is 9.05. The molecule has 0 fully saturated rings. The molecule has 3 aromatic rings. The summed E-state index contributed by atoms with van der Waals surface area (Å²) in [6.45, 7) is 0.860. The number of hydrogen-bond acceptors (Lipinski definition) is 6. The first-order valence-electron chi connectivity index (χ1n) is 8.29. The lowest BCUT2D eigenvalue weighted by Crippen LogP contribution is -2.35. The Morgan fingerprint density at radius 3 is 2.72 bits per heavy atom. The zero-order chi connectivity index (χ0) is 21.1. The second-order valence-electron chi connectivity index (χ2n) is 5.97. The molecule has 1 amide bonds. The third kappa shape index (κ3) is 4.64. The molecule has 0 aliphatic carbocycles. The first-order chi connectivity index (χ1) is 13.8. The SMILES string of the molecule is C[C@H](OC(=O)Cn1c(=O)[nH]c(=O)c2ccccc21)C(=O)Nc1ncc(Cl)cc1Cl. The highest BCUT2D eigenvalue weighted by molar-refractivity contribution is 6.36. The van der Waals surface area contributed by atoms with Crippen LogP contribution in [0.5, 0.6) is 0 Å². The van der Waals surface area contributed by atoms with Crippen molar-refractivity contribution in [3.63, 3.8) is 0 Å². The van der Waals surface area contributed by atoms with Crippen LogP contribution in [-0.4, -0.2) is 32.5 Å². The molecule has 1 aromatic carbocycles. The first kappa shape index (κ1) is 20.6. The molecule has 1 atom stereocenters. The minimum absolute atomic E-state index is 0.0619. The predicted octanol–water partition coefficient (Wildman–Crippen LogP) is 1.96. The Balaban J connectivity index is 1.72. The molecule has 2 N–H and O–H groups in total. The number of para-hydroxylation sites is 1. The van der Waals surface area contributed by atoms with Crippen LogP contribution in [0.15, 0.2) is 46.1 Å². The average Bonchev–Trinajstić information content (AvgIpc) is 2.67. The summed E-state index contributed by atoms with van der Waals surface area (Å²) in [5.74, 6) is -1.46. The van der Waals surface area contributed by atoms with E-state index in [0.717, 1.165) is 4.57 Å². The minimum atomic E-state index is -1.19. The van der Waals surface area contributed by atoms with Gasteiger partial charge in [0.2, 0.25) is 0 Å². The number of carbonyl (C=O) groups excluding carboxylic acids is 2. The number of benzene rings is 1. The van der Waals surface area contributed by atoms with Crippen molar-refractivity contribution < 1.29 is 14.3 Å². The monoisotopic (exact) mass is 436 g/mol. The highest BCUT2D eigenvalue weighted by Gasteiger charge is 2.20. The molecular weight excluding hydrogens is 423 g/mol. The van der Waals surface area contributed by atoms with Gasteiger partial charge in [-0.15, -0.1) is 0 Å². The van der Waals surface area contributed by atoms with Gasteiger partial charge >= 0.3 is 11.7 Å². The number of nitrogens with zero attached hydrogens (tertiary/aromatic N) is 2. The molecule has 9 nitrogen and oxygen atoms in total. The molecule has 0 spiro atoms. The molecule has 0 bridgehead atoms. The summed E-state index contributed by atoms with van der Waals surface area (Å²) in [6, 6.07) is 7.71. The normalized spacial score (nSPS) is 11.8. The number of aromatic nitrogens is 3. The maximum absolute atomic E-state index is 12.3. The number of rotatable bonds is 5. The van der Waals surface area contributed by atoms with Gasteiger partial charge in [0.1, 0.15) is 6.54 Å². The largest absolute Gasteiger partial charge is 0.451 e. The van der Waals surface area contributed by atoms with Crippen LogP contribution in [0.2, 0.25) is 10.0 Å². The van der Waals surface area contributed by atoms with E-state index >= 15 is 0 Å². The quantitative estimate of drug-likeness (QED) is 0.589. The summed E-state index contributed by atoms with van der Waals surface area (Å²) in [4.78, 5) is 54.5. The number of halogens is 2. The van der Waals surface area contributed by atoms with Gasteiger partial charge in [-0.1, -0.05) is 35.3 Å². The van der Waals surface area contributed by atoms with Gasteiger partial charge in [0.05, 0.1) is 20.9 Å². The Kier molecular flexibility index (Phi) is 6.00. The highest BCUT2D eigenvalue weighted by atomic mass is 35.5. The smallest absolute Gasteiger partial charge is 0.329 e. The topological polar surface area (TPSA) is 123 Å². The number of nitrogens with one attached hydrogen (secondary N) is 2. The number of ether oxygens (including phenoxy) is 1. The highest BCUT2D eigenvalue weighted by Crippen LogP contribution is 2.22. The third-order valence-corrected chi connectivity index (χ3v) is 4.41. The van der Waals surface area contributed by atoms with E-state index in [-0.39, 0.29) is 21.7 Å². The average molecular weight is 437 g/mol. The lowest BCUT2D eigenvalue weighted by atomic mass is 10.2. The van der Waals surface area contributed by atoms with Crippen LogP contribution >= 0.6 is 23.2 Å². The van der Waals surface area contributed by atoms with E-state index in [0.29, 0.717) is 5.02 Å². The zero-order valence-corrected chi connectivity index (χ0v) is 16.5. The fourth-order valence-electron chi connectivity index (χ4n) is 2.54. The standard InChI is InChI=1S/C18H14Cl2N4O5/c1-9(16(26)22-15-12(20)6-10(19)7-21-15)29-14(25)8-24-13-5-3-2-4-11(13)17(27)23-18(24)28/h2-7,9H,8H2,1H3,(H,21,22,26)(H,23,27,28)/t9-/m0/s1. The number of amides is 1. The number of carbonyl (C=O) groups is 2. The molecule has 0 saturated carbocycles. The summed E-state index contributed by atoms with van der Waals surface area (Å²) in [6.07, 6.45) is 0.105. The van der Waals surface area contributed by atoms with E-state index in [9.17, 15) is 19.2 Å². The van der Waals surface area contributed by atoms with Crippen LogP contribution in [0.4, 0.5) is 5.82 Å². The molecule has 3 rings (SSSR count). The zero-order valence-electron chi connectivity index (χ0n) is 14.9. The molecule has 0 radical (unpaired) electrons. The van der Waals surface area contributed by atoms with Gasteiger partial charge in [0.25, 0.3) is 11.5 Å². The van der Waals surface area contributed by atoms with Gasteiger partial charge in [0.15, 0.2) is 11.9 Å². The van der Waals surface area contributed by atoms with Crippen molar-refractivity contribution in [3.8, 4) is 0 Å². The van der Waals surface area contributed by atoms with Gasteiger partial charge in [0, 0.05) is 6.20 Å². The number of pyridine rings is 1. The van der Waals surface area contributed by atoms with Crippen molar-refractivity contribution in [2.45, 2.75) is 19.6 Å². The lowest BCUT2D eigenvalue weighted by Gasteiger charge is -2.15. The number of aromatic amines is 1. The van der Waals surface area contributed by atoms with Gasteiger partial charge in [-0.2, -0.15) is 0 Å². The van der Waals surface area contributed by atoms with Crippen LogP contribution in [0.25, 0.3) is 10.9 Å². The molecule has 0 saturated heterocycles. The molecular formula is C18H14Cl2N4O5. The summed E-state index contributed by atoms with van der Waals surface area (Å²) >= 11 is 11.7. The van der Waals surface area contributed by atoms with Gasteiger partial charge in [-0.05, 0) is 25.1 Å². The maximum atomic E-state index is 12.3. The van der Waals surface area contributed by atoms with Crippen molar-refractivity contribution in [1.82, 2.24) is 14.5 Å². The van der Waals surface area contributed by atoms with Crippen LogP contribution in [0.3, 0.4) is 0 Å². The number of hydrogen-bond donors (Lipinski definition) is 2. The fourth-order valence-corrected chi connectivity index (χ4v) is 2.97. The van der Waals surface area contributed by atoms with E-state index in [4.69, 9.17) is 27.9 Å². The van der Waals surface area contributed by atoms with Crippen LogP contribution < -0.4 is 16.6 Å². The predicted molar refractivity (Wildman–Crippen MR) is 107 cm³/mol. The van der Waals surface area contributed by atoms with Crippen molar-refractivity contribution >= 4 is 51.8 Å². The molecule has 11 heteroatoms. The van der Waals surface area contributed by atoms with Gasteiger partial charge in [-0.3, -0.25) is 23.9 Å². The molecule has 0 unspecified atom stereocenters. The van der Waals surface area contributed by atoms with Crippen LogP contribution in [0, 0.1) is 0 Å². The van der Waals surface area contributed by atoms with Gasteiger partial charge in [-0.25, -0.2) is 9.78 Å². The second-order valence-corrected chi connectivity index (χ2v) is 6.81. The second kappa shape index (κ2) is 8.46. The van der Waals surface area contributed by atoms with Gasteiger partial charge < -0.3 is 10.1 Å². The summed E-state index contributed by atoms with van der Waals surface area (Å²) in [5, 5.41) is 3.08. The van der Waals surface area contributed by atoms with E-state index in [1.165, 1.54) is 31.3 Å². The van der Waals surface area contributed by atoms with Crippen LogP contribution in [-0.2, 0) is 20.9 Å². The van der Waals surface area contributed by atoms with E-state index in [2.05, 4.69) is 15.3 Å². The van der Waals surface area contributed by atoms with E-state index in [1.807, 2.05) is 0 Å². The molecule has 29 heavy (non-hydrogen) atoms. The van der Waals surface area contributed by atoms with Crippen molar-refractivity contribution in [3.05, 3.63) is 67.4 Å². The minimum Gasteiger partial charge on any atom is -0.451 e. The van der Waals surface area contributed by atoms with E-state index < -0.39 is 35.8 Å². The summed E-state index contributed by atoms with van der Waals surface area (Å²) in [5.41, 5.74) is -1.05. The van der Waals surface area contributed by atoms with E-state index in [1.54, 1.807) is 12.1 Å². The lowest BCUT2D eigenvalue weighted by molar-refractivity contribution is -0.153. The van der Waals surface area contributed by atoms with Crippen LogP contribution in [0.1, 0.15) is 6.92 Å². The summed E-state index contributed by atoms with van der Waals surface area (Å²) < 4.78 is 6.14. The van der Waals surface area contributed by atoms with Crippen molar-refractivity contribution in [1.29, 1.82) is 0 Å². The third-order valence-electron chi connectivity index (χ3n) is 3.92. The molecule has 150 valence electrons. The molecule has 2 aromatic heterocycles. The number of fused-ring (bicyclic) bond motifs is 1. The van der Waals surface area contributed by atoms with Crippen molar-refractivity contribution in [2.75, 3.05) is 5.32 Å². The molecule has 0 aliphatic heterocycles. The molecule has 0 aliphatic rings. The Hall–Kier alpha value is -3.17. The fraction of sp³-hybridized carbons (Fsp3) is 0.167. The Bertz CT molecular complexity index is 1220. The Morgan fingerprint density at radius 2 is 2.00 bits per heavy atom. The Labute approximate surface area is 173 Å².